The number of aromatic amines is 1. The summed E-state index contributed by atoms with van der Waals surface area (Å²) in [6.45, 7) is 0. The Labute approximate surface area is 138 Å². The molecule has 0 aliphatic carbocycles. The lowest BCUT2D eigenvalue weighted by molar-refractivity contribution is 0.682. The zero-order valence-electron chi connectivity index (χ0n) is 10.8. The largest absolute Gasteiger partial charge is 0.331 e. The molecule has 0 aliphatic heterocycles. The number of nitrogens with zero attached hydrogens (tertiary/aromatic N) is 1. The van der Waals surface area contributed by atoms with Crippen LogP contribution in [0.15, 0.2) is 35.5 Å². The van der Waals surface area contributed by atoms with Crippen molar-refractivity contribution < 1.29 is 4.21 Å². The van der Waals surface area contributed by atoms with Gasteiger partial charge in [0, 0.05) is 17.4 Å². The summed E-state index contributed by atoms with van der Waals surface area (Å²) in [5, 5.41) is 1.83. The smallest absolute Gasteiger partial charge is 0.197 e. The van der Waals surface area contributed by atoms with E-state index in [0.29, 0.717) is 25.7 Å². The van der Waals surface area contributed by atoms with Crippen LogP contribution in [0.4, 0.5) is 0 Å². The summed E-state index contributed by atoms with van der Waals surface area (Å²) in [6.07, 6.45) is 1.56. The topological polar surface area (TPSA) is 45.8 Å². The number of benzene rings is 2. The van der Waals surface area contributed by atoms with Gasteiger partial charge in [-0.25, -0.2) is 4.98 Å². The van der Waals surface area contributed by atoms with Crippen molar-refractivity contribution in [2.45, 2.75) is 5.16 Å². The molecule has 0 radical (unpaired) electrons. The van der Waals surface area contributed by atoms with Crippen LogP contribution in [0.2, 0.25) is 15.1 Å². The third-order valence-electron chi connectivity index (χ3n) is 3.06. The minimum atomic E-state index is -1.18. The first-order valence-corrected chi connectivity index (χ1v) is 8.63. The van der Waals surface area contributed by atoms with Crippen molar-refractivity contribution in [1.82, 2.24) is 9.97 Å². The van der Waals surface area contributed by atoms with Crippen molar-refractivity contribution in [2.75, 3.05) is 6.26 Å². The summed E-state index contributed by atoms with van der Waals surface area (Å²) < 4.78 is 11.5. The molecule has 3 rings (SSSR count). The number of hydrogen-bond acceptors (Lipinski definition) is 2. The van der Waals surface area contributed by atoms with Gasteiger partial charge >= 0.3 is 0 Å². The molecular formula is C14H9Cl3N2OS. The fourth-order valence-electron chi connectivity index (χ4n) is 2.06. The Balaban J connectivity index is 2.25. The first-order chi connectivity index (χ1) is 9.97. The third-order valence-corrected chi connectivity index (χ3v) is 4.93. The van der Waals surface area contributed by atoms with Gasteiger partial charge in [0.05, 0.1) is 36.9 Å². The van der Waals surface area contributed by atoms with Crippen LogP contribution in [-0.4, -0.2) is 20.4 Å². The molecule has 0 aliphatic rings. The van der Waals surface area contributed by atoms with E-state index in [1.165, 1.54) is 0 Å². The summed E-state index contributed by atoms with van der Waals surface area (Å²) >= 11 is 18.6. The zero-order chi connectivity index (χ0) is 15.1. The number of fused-ring (bicyclic) bond motifs is 1. The Morgan fingerprint density at radius 3 is 2.57 bits per heavy atom. The first kappa shape index (κ1) is 14.9. The van der Waals surface area contributed by atoms with Gasteiger partial charge in [-0.2, -0.15) is 0 Å². The molecule has 0 fully saturated rings. The molecular weight excluding hydrogens is 351 g/mol. The van der Waals surface area contributed by atoms with E-state index < -0.39 is 10.8 Å². The van der Waals surface area contributed by atoms with Gasteiger partial charge in [-0.15, -0.1) is 0 Å². The predicted octanol–water partition coefficient (Wildman–Crippen LogP) is 4.93. The summed E-state index contributed by atoms with van der Waals surface area (Å²) in [5.41, 5.74) is 2.87. The zero-order valence-corrected chi connectivity index (χ0v) is 13.9. The molecule has 0 bridgehead atoms. The van der Waals surface area contributed by atoms with Crippen molar-refractivity contribution in [3.05, 3.63) is 45.4 Å². The molecule has 21 heavy (non-hydrogen) atoms. The van der Waals surface area contributed by atoms with Gasteiger partial charge in [-0.3, -0.25) is 4.21 Å². The van der Waals surface area contributed by atoms with E-state index in [1.54, 1.807) is 24.5 Å². The molecule has 1 N–H and O–H groups in total. The summed E-state index contributed by atoms with van der Waals surface area (Å²) in [6, 6.07) is 8.91. The summed E-state index contributed by atoms with van der Waals surface area (Å²) in [5.74, 6) is 0. The van der Waals surface area contributed by atoms with Crippen LogP contribution < -0.4 is 0 Å². The van der Waals surface area contributed by atoms with E-state index in [4.69, 9.17) is 34.8 Å². The van der Waals surface area contributed by atoms with E-state index in [-0.39, 0.29) is 0 Å². The lowest BCUT2D eigenvalue weighted by Gasteiger charge is -2.08. The Bertz CT molecular complexity index is 876. The van der Waals surface area contributed by atoms with Crippen LogP contribution in [0, 0.1) is 0 Å². The SMILES string of the molecule is CS(=O)c1nc2cc(-c3cccc(Cl)c3Cl)c(Cl)cc2[nH]1. The van der Waals surface area contributed by atoms with Crippen LogP contribution in [0.3, 0.4) is 0 Å². The van der Waals surface area contributed by atoms with E-state index in [0.717, 1.165) is 16.6 Å². The van der Waals surface area contributed by atoms with Gasteiger partial charge in [0.25, 0.3) is 0 Å². The molecule has 0 amide bonds. The minimum absolute atomic E-state index is 0.412. The molecule has 1 unspecified atom stereocenters. The van der Waals surface area contributed by atoms with Crippen molar-refractivity contribution >= 4 is 56.6 Å². The second-order valence-electron chi connectivity index (χ2n) is 4.45. The number of imidazole rings is 1. The van der Waals surface area contributed by atoms with Gasteiger partial charge < -0.3 is 4.98 Å². The standard InChI is InChI=1S/C14H9Cl3N2OS/c1-21(20)14-18-11-5-8(10(16)6-12(11)19-14)7-3-2-4-9(15)13(7)17/h2-6H,1H3,(H,18,19). The fourth-order valence-corrected chi connectivity index (χ4v) is 3.21. The minimum Gasteiger partial charge on any atom is -0.331 e. The number of hydrogen-bond donors (Lipinski definition) is 1. The molecule has 0 spiro atoms. The van der Waals surface area contributed by atoms with Crippen LogP contribution >= 0.6 is 34.8 Å². The summed E-state index contributed by atoms with van der Waals surface area (Å²) in [4.78, 5) is 7.29. The highest BCUT2D eigenvalue weighted by atomic mass is 35.5. The van der Waals surface area contributed by atoms with Gasteiger partial charge in [-0.05, 0) is 18.2 Å². The maximum Gasteiger partial charge on any atom is 0.197 e. The van der Waals surface area contributed by atoms with Crippen molar-refractivity contribution in [1.29, 1.82) is 0 Å². The number of rotatable bonds is 2. The van der Waals surface area contributed by atoms with E-state index in [9.17, 15) is 4.21 Å². The van der Waals surface area contributed by atoms with E-state index in [1.807, 2.05) is 12.1 Å². The molecule has 7 heteroatoms. The van der Waals surface area contributed by atoms with Gasteiger partial charge in [0.1, 0.15) is 0 Å². The Kier molecular flexibility index (Phi) is 3.97. The number of H-pyrrole nitrogens is 1. The Morgan fingerprint density at radius 2 is 1.86 bits per heavy atom. The predicted molar refractivity (Wildman–Crippen MR) is 88.9 cm³/mol. The molecule has 1 aromatic heterocycles. The average molecular weight is 360 g/mol. The highest BCUT2D eigenvalue weighted by Crippen LogP contribution is 2.38. The van der Waals surface area contributed by atoms with Crippen LogP contribution in [-0.2, 0) is 10.8 Å². The first-order valence-electron chi connectivity index (χ1n) is 5.94. The lowest BCUT2D eigenvalue weighted by Crippen LogP contribution is -1.88. The highest BCUT2D eigenvalue weighted by molar-refractivity contribution is 7.84. The number of halogens is 3. The van der Waals surface area contributed by atoms with E-state index >= 15 is 0 Å². The number of nitrogens with one attached hydrogen (secondary N) is 1. The van der Waals surface area contributed by atoms with Gasteiger partial charge in [0.15, 0.2) is 5.16 Å². The molecule has 3 nitrogen and oxygen atoms in total. The number of aromatic nitrogens is 2. The van der Waals surface area contributed by atoms with Crippen LogP contribution in [0.5, 0.6) is 0 Å². The van der Waals surface area contributed by atoms with Gasteiger partial charge in [-0.1, -0.05) is 46.9 Å². The quantitative estimate of drug-likeness (QED) is 0.705. The Morgan fingerprint density at radius 1 is 1.10 bits per heavy atom. The lowest BCUT2D eigenvalue weighted by atomic mass is 10.0. The molecule has 0 saturated carbocycles. The molecule has 108 valence electrons. The monoisotopic (exact) mass is 358 g/mol. The summed E-state index contributed by atoms with van der Waals surface area (Å²) in [7, 11) is -1.18. The van der Waals surface area contributed by atoms with E-state index in [2.05, 4.69) is 9.97 Å². The average Bonchev–Trinajstić information content (AvgIpc) is 2.84. The van der Waals surface area contributed by atoms with Crippen molar-refractivity contribution in [3.8, 4) is 11.1 Å². The van der Waals surface area contributed by atoms with Crippen molar-refractivity contribution in [2.24, 2.45) is 0 Å². The second kappa shape index (κ2) is 5.61. The Hall–Kier alpha value is -1.07. The highest BCUT2D eigenvalue weighted by Gasteiger charge is 2.14. The fraction of sp³-hybridized carbons (Fsp3) is 0.0714. The van der Waals surface area contributed by atoms with Crippen LogP contribution in [0.25, 0.3) is 22.2 Å². The molecule has 2 aromatic carbocycles. The van der Waals surface area contributed by atoms with Gasteiger partial charge in [0.2, 0.25) is 0 Å². The maximum absolute atomic E-state index is 11.5. The normalized spacial score (nSPS) is 12.8. The molecule has 0 saturated heterocycles. The van der Waals surface area contributed by atoms with Crippen LogP contribution in [0.1, 0.15) is 0 Å². The third kappa shape index (κ3) is 2.69. The molecule has 1 heterocycles. The second-order valence-corrected chi connectivity index (χ2v) is 6.93. The van der Waals surface area contributed by atoms with Crippen molar-refractivity contribution in [3.63, 3.8) is 0 Å². The maximum atomic E-state index is 11.5. The molecule has 3 aromatic rings. The molecule has 1 atom stereocenters.